The molecule has 0 unspecified atom stereocenters. The molecular weight excluding hydrogens is 340 g/mol. The lowest BCUT2D eigenvalue weighted by molar-refractivity contribution is 0.102. The fourth-order valence-corrected chi connectivity index (χ4v) is 3.27. The Morgan fingerprint density at radius 3 is 2.40 bits per heavy atom. The van der Waals surface area contributed by atoms with Crippen molar-refractivity contribution in [2.45, 2.75) is 6.92 Å². The molecule has 0 atom stereocenters. The van der Waals surface area contributed by atoms with Crippen LogP contribution in [0.25, 0.3) is 10.9 Å². The second kappa shape index (κ2) is 6.69. The number of fused-ring (bicyclic) bond motifs is 1. The fourth-order valence-electron chi connectivity index (χ4n) is 2.90. The Morgan fingerprint density at radius 1 is 1.12 bits per heavy atom. The predicted octanol–water partition coefficient (Wildman–Crippen LogP) is 4.41. The van der Waals surface area contributed by atoms with Gasteiger partial charge in [0.05, 0.1) is 19.2 Å². The maximum Gasteiger partial charge on any atom is 0.273 e. The summed E-state index contributed by atoms with van der Waals surface area (Å²) in [5, 5.41) is 4.20. The highest BCUT2D eigenvalue weighted by Crippen LogP contribution is 2.34. The second-order valence-electron chi connectivity index (χ2n) is 5.71. The van der Waals surface area contributed by atoms with Crippen molar-refractivity contribution in [3.05, 3.63) is 52.7 Å². The number of methoxy groups -OCH3 is 2. The van der Waals surface area contributed by atoms with Crippen LogP contribution in [0.3, 0.4) is 0 Å². The first-order valence-electron chi connectivity index (χ1n) is 7.74. The van der Waals surface area contributed by atoms with Crippen LogP contribution in [0.5, 0.6) is 11.5 Å². The molecule has 0 aliphatic carbocycles. The summed E-state index contributed by atoms with van der Waals surface area (Å²) in [5.74, 6) is 0.881. The van der Waals surface area contributed by atoms with Crippen LogP contribution < -0.4 is 14.8 Å². The van der Waals surface area contributed by atoms with Crippen molar-refractivity contribution in [2.24, 2.45) is 7.05 Å². The van der Waals surface area contributed by atoms with Gasteiger partial charge in [0, 0.05) is 29.7 Å². The van der Waals surface area contributed by atoms with Crippen LogP contribution >= 0.6 is 11.6 Å². The van der Waals surface area contributed by atoms with Crippen molar-refractivity contribution in [1.29, 1.82) is 0 Å². The minimum Gasteiger partial charge on any atom is -0.493 e. The number of rotatable bonds is 4. The van der Waals surface area contributed by atoms with E-state index in [1.807, 2.05) is 44.3 Å². The van der Waals surface area contributed by atoms with E-state index >= 15 is 0 Å². The first kappa shape index (κ1) is 17.2. The molecule has 25 heavy (non-hydrogen) atoms. The van der Waals surface area contributed by atoms with Gasteiger partial charge < -0.3 is 19.4 Å². The first-order valence-corrected chi connectivity index (χ1v) is 8.12. The van der Waals surface area contributed by atoms with E-state index in [-0.39, 0.29) is 5.91 Å². The van der Waals surface area contributed by atoms with E-state index < -0.39 is 0 Å². The molecule has 0 spiro atoms. The van der Waals surface area contributed by atoms with Gasteiger partial charge in [0.1, 0.15) is 5.69 Å². The number of nitrogens with one attached hydrogen (secondary N) is 1. The van der Waals surface area contributed by atoms with E-state index in [2.05, 4.69) is 5.32 Å². The van der Waals surface area contributed by atoms with E-state index in [1.54, 1.807) is 24.9 Å². The molecule has 0 radical (unpaired) electrons. The topological polar surface area (TPSA) is 52.5 Å². The number of anilines is 1. The van der Waals surface area contributed by atoms with Crippen molar-refractivity contribution in [2.75, 3.05) is 19.5 Å². The van der Waals surface area contributed by atoms with Crippen molar-refractivity contribution in [3.8, 4) is 11.5 Å². The second-order valence-corrected chi connectivity index (χ2v) is 6.09. The molecule has 6 heteroatoms. The van der Waals surface area contributed by atoms with Crippen molar-refractivity contribution in [1.82, 2.24) is 4.57 Å². The average molecular weight is 359 g/mol. The van der Waals surface area contributed by atoms with Crippen molar-refractivity contribution >= 4 is 34.1 Å². The van der Waals surface area contributed by atoms with Crippen LogP contribution in [0.15, 0.2) is 36.4 Å². The molecule has 3 rings (SSSR count). The number of halogens is 1. The van der Waals surface area contributed by atoms with Crippen LogP contribution in [0, 0.1) is 6.92 Å². The number of hydrogen-bond acceptors (Lipinski definition) is 3. The monoisotopic (exact) mass is 358 g/mol. The molecule has 0 saturated carbocycles. The van der Waals surface area contributed by atoms with Gasteiger partial charge in [0.15, 0.2) is 11.5 Å². The van der Waals surface area contributed by atoms with Gasteiger partial charge in [-0.1, -0.05) is 29.8 Å². The molecule has 130 valence electrons. The number of para-hydroxylation sites is 1. The van der Waals surface area contributed by atoms with Gasteiger partial charge in [0.25, 0.3) is 5.91 Å². The average Bonchev–Trinajstić information content (AvgIpc) is 2.87. The molecule has 1 N–H and O–H groups in total. The third-order valence-corrected chi connectivity index (χ3v) is 4.62. The van der Waals surface area contributed by atoms with Crippen LogP contribution in [-0.2, 0) is 7.05 Å². The van der Waals surface area contributed by atoms with Gasteiger partial charge in [0.2, 0.25) is 0 Å². The summed E-state index contributed by atoms with van der Waals surface area (Å²) in [4.78, 5) is 12.8. The zero-order valence-corrected chi connectivity index (χ0v) is 15.3. The van der Waals surface area contributed by atoms with Gasteiger partial charge in [-0.15, -0.1) is 0 Å². The molecule has 0 bridgehead atoms. The third kappa shape index (κ3) is 2.91. The van der Waals surface area contributed by atoms with Crippen molar-refractivity contribution in [3.63, 3.8) is 0 Å². The minimum absolute atomic E-state index is 0.279. The molecule has 1 aromatic heterocycles. The highest BCUT2D eigenvalue weighted by atomic mass is 35.5. The molecule has 5 nitrogen and oxygen atoms in total. The van der Waals surface area contributed by atoms with Gasteiger partial charge in [-0.2, -0.15) is 0 Å². The summed E-state index contributed by atoms with van der Waals surface area (Å²) >= 11 is 6.44. The van der Waals surface area contributed by atoms with Crippen LogP contribution in [0.4, 0.5) is 5.69 Å². The summed E-state index contributed by atoms with van der Waals surface area (Å²) in [5.41, 5.74) is 2.82. The van der Waals surface area contributed by atoms with Gasteiger partial charge >= 0.3 is 0 Å². The summed E-state index contributed by atoms with van der Waals surface area (Å²) in [7, 11) is 4.95. The van der Waals surface area contributed by atoms with Gasteiger partial charge in [-0.25, -0.2) is 0 Å². The predicted molar refractivity (Wildman–Crippen MR) is 100 cm³/mol. The molecule has 3 aromatic rings. The number of carbonyl (C=O) groups excluding carboxylic acids is 1. The Balaban J connectivity index is 2.01. The van der Waals surface area contributed by atoms with Gasteiger partial charge in [-0.3, -0.25) is 4.79 Å². The number of nitrogens with zero attached hydrogens (tertiary/aromatic N) is 1. The fraction of sp³-hybridized carbons (Fsp3) is 0.211. The molecule has 2 aromatic carbocycles. The summed E-state index contributed by atoms with van der Waals surface area (Å²) in [6, 6.07) is 11.2. The standard InChI is InChI=1S/C19H19ClN2O3/c1-11-9-15(24-3)16(25-4)10-13(11)21-19(23)18-17(20)12-7-5-6-8-14(12)22(18)2/h5-10H,1-4H3,(H,21,23). The lowest BCUT2D eigenvalue weighted by atomic mass is 10.1. The molecular formula is C19H19ClN2O3. The van der Waals surface area contributed by atoms with Crippen LogP contribution in [0.1, 0.15) is 16.1 Å². The van der Waals surface area contributed by atoms with Crippen molar-refractivity contribution < 1.29 is 14.3 Å². The normalized spacial score (nSPS) is 10.8. The zero-order chi connectivity index (χ0) is 18.1. The Morgan fingerprint density at radius 2 is 1.76 bits per heavy atom. The molecule has 1 heterocycles. The number of benzene rings is 2. The van der Waals surface area contributed by atoms with E-state index in [1.165, 1.54) is 0 Å². The maximum atomic E-state index is 12.8. The summed E-state index contributed by atoms with van der Waals surface area (Å²) in [6.45, 7) is 1.89. The smallest absolute Gasteiger partial charge is 0.273 e. The van der Waals surface area contributed by atoms with E-state index in [0.717, 1.165) is 16.5 Å². The van der Waals surface area contributed by atoms with Crippen LogP contribution in [-0.4, -0.2) is 24.7 Å². The van der Waals surface area contributed by atoms with E-state index in [9.17, 15) is 4.79 Å². The first-order chi connectivity index (χ1) is 12.0. The Bertz CT molecular complexity index is 924. The molecule has 0 aliphatic heterocycles. The van der Waals surface area contributed by atoms with Gasteiger partial charge in [-0.05, 0) is 24.6 Å². The quantitative estimate of drug-likeness (QED) is 0.751. The molecule has 0 saturated heterocycles. The number of ether oxygens (including phenoxy) is 2. The Kier molecular flexibility index (Phi) is 4.59. The Hall–Kier alpha value is -2.66. The number of carbonyl (C=O) groups is 1. The number of aromatic nitrogens is 1. The van der Waals surface area contributed by atoms with E-state index in [0.29, 0.717) is 27.9 Å². The minimum atomic E-state index is -0.279. The highest BCUT2D eigenvalue weighted by molar-refractivity contribution is 6.39. The van der Waals surface area contributed by atoms with E-state index in [4.69, 9.17) is 21.1 Å². The largest absolute Gasteiger partial charge is 0.493 e. The molecule has 0 aliphatic rings. The lowest BCUT2D eigenvalue weighted by Gasteiger charge is -2.14. The lowest BCUT2D eigenvalue weighted by Crippen LogP contribution is -2.17. The SMILES string of the molecule is COc1cc(C)c(NC(=O)c2c(Cl)c3ccccc3n2C)cc1OC. The number of amides is 1. The summed E-state index contributed by atoms with van der Waals surface area (Å²) in [6.07, 6.45) is 0. The summed E-state index contributed by atoms with van der Waals surface area (Å²) < 4.78 is 12.4. The number of aryl methyl sites for hydroxylation is 2. The highest BCUT2D eigenvalue weighted by Gasteiger charge is 2.21. The Labute approximate surface area is 151 Å². The maximum absolute atomic E-state index is 12.8. The van der Waals surface area contributed by atoms with Crippen LogP contribution in [0.2, 0.25) is 5.02 Å². The molecule has 1 amide bonds. The molecule has 0 fully saturated rings. The third-order valence-electron chi connectivity index (χ3n) is 4.24. The number of hydrogen-bond donors (Lipinski definition) is 1. The zero-order valence-electron chi connectivity index (χ0n) is 14.5.